The normalized spacial score (nSPS) is 14.4. The SMILES string of the molecule is Cc1c(-c2cc(OCCc3ccc(F)cn3)c3c(Cl)cnn3c2)nn(CCNC=O)c1CC1C=C(NC#N)C1. The van der Waals surface area contributed by atoms with Gasteiger partial charge < -0.3 is 10.1 Å². The fraction of sp³-hybridized carbons (Fsp3) is 0.296. The van der Waals surface area contributed by atoms with E-state index in [1.54, 1.807) is 16.8 Å². The molecule has 4 aromatic rings. The molecule has 0 aliphatic heterocycles. The number of hydrogen-bond acceptors (Lipinski definition) is 7. The number of pyridine rings is 2. The summed E-state index contributed by atoms with van der Waals surface area (Å²) < 4.78 is 22.9. The summed E-state index contributed by atoms with van der Waals surface area (Å²) in [4.78, 5) is 14.9. The van der Waals surface area contributed by atoms with Crippen molar-refractivity contribution in [3.8, 4) is 23.2 Å². The second-order valence-electron chi connectivity index (χ2n) is 9.26. The predicted molar refractivity (Wildman–Crippen MR) is 142 cm³/mol. The van der Waals surface area contributed by atoms with Gasteiger partial charge in [-0.15, -0.1) is 0 Å². The lowest BCUT2D eigenvalue weighted by Gasteiger charge is -2.24. The number of nitrogens with zero attached hydrogens (tertiary/aromatic N) is 6. The first-order valence-electron chi connectivity index (χ1n) is 12.5. The number of aromatic nitrogens is 5. The first-order valence-corrected chi connectivity index (χ1v) is 12.8. The molecule has 39 heavy (non-hydrogen) atoms. The maximum Gasteiger partial charge on any atom is 0.207 e. The van der Waals surface area contributed by atoms with E-state index >= 15 is 0 Å². The predicted octanol–water partition coefficient (Wildman–Crippen LogP) is 3.58. The Balaban J connectivity index is 1.45. The van der Waals surface area contributed by atoms with Crippen molar-refractivity contribution in [3.63, 3.8) is 0 Å². The lowest BCUT2D eigenvalue weighted by molar-refractivity contribution is -0.109. The van der Waals surface area contributed by atoms with Crippen LogP contribution < -0.4 is 15.4 Å². The van der Waals surface area contributed by atoms with E-state index in [1.807, 2.05) is 30.1 Å². The maximum absolute atomic E-state index is 13.2. The highest BCUT2D eigenvalue weighted by atomic mass is 35.5. The van der Waals surface area contributed by atoms with Crippen LogP contribution in [0.1, 0.15) is 23.4 Å². The van der Waals surface area contributed by atoms with Gasteiger partial charge in [-0.25, -0.2) is 8.91 Å². The van der Waals surface area contributed by atoms with Gasteiger partial charge in [0.15, 0.2) is 6.19 Å². The topological polar surface area (TPSA) is 122 Å². The molecule has 0 spiro atoms. The smallest absolute Gasteiger partial charge is 0.207 e. The van der Waals surface area contributed by atoms with E-state index in [-0.39, 0.29) is 11.7 Å². The molecule has 2 N–H and O–H groups in total. The van der Waals surface area contributed by atoms with Gasteiger partial charge in [-0.1, -0.05) is 17.7 Å². The monoisotopic (exact) mass is 548 g/mol. The number of allylic oxidation sites excluding steroid dienone is 2. The zero-order valence-corrected chi connectivity index (χ0v) is 22.0. The average molecular weight is 549 g/mol. The first kappa shape index (κ1) is 26.2. The third kappa shape index (κ3) is 5.71. The standard InChI is InChI=1S/C27H26ClFN8O2/c1-17-24(10-18-8-22(9-18)33-15-30)36(6-5-31-16-38)35-26(17)19-11-25(27-23(28)13-34-37(27)14-19)39-7-4-21-3-2-20(29)12-32-21/h2-3,8,11-14,16,18,33H,4-7,9-10H2,1H3,(H,31,38). The number of amides is 1. The van der Waals surface area contributed by atoms with Gasteiger partial charge in [0.25, 0.3) is 0 Å². The molecule has 1 aliphatic rings. The minimum absolute atomic E-state index is 0.285. The summed E-state index contributed by atoms with van der Waals surface area (Å²) in [6.45, 7) is 3.29. The Labute approximate surface area is 229 Å². The minimum Gasteiger partial charge on any atom is -0.491 e. The third-order valence-corrected chi connectivity index (χ3v) is 6.95. The molecule has 4 aromatic heterocycles. The molecule has 0 aromatic carbocycles. The molecule has 4 heterocycles. The molecule has 1 unspecified atom stereocenters. The molecule has 0 fully saturated rings. The number of carbonyl (C=O) groups excluding carboxylic acids is 1. The van der Waals surface area contributed by atoms with Crippen molar-refractivity contribution in [2.45, 2.75) is 32.7 Å². The molecule has 200 valence electrons. The highest BCUT2D eigenvalue weighted by Gasteiger charge is 2.25. The minimum atomic E-state index is -0.385. The van der Waals surface area contributed by atoms with E-state index in [0.717, 1.165) is 41.1 Å². The van der Waals surface area contributed by atoms with Crippen LogP contribution in [0.5, 0.6) is 5.75 Å². The van der Waals surface area contributed by atoms with Gasteiger partial charge in [0.05, 0.1) is 36.3 Å². The summed E-state index contributed by atoms with van der Waals surface area (Å²) in [5, 5.41) is 24.0. The molecule has 0 bridgehead atoms. The molecule has 0 saturated heterocycles. The fourth-order valence-corrected chi connectivity index (χ4v) is 4.94. The van der Waals surface area contributed by atoms with Crippen LogP contribution in [0.4, 0.5) is 4.39 Å². The summed E-state index contributed by atoms with van der Waals surface area (Å²) in [5.41, 5.74) is 5.91. The average Bonchev–Trinajstić information content (AvgIpc) is 3.43. The second-order valence-corrected chi connectivity index (χ2v) is 9.66. The lowest BCUT2D eigenvalue weighted by Crippen LogP contribution is -2.24. The number of carbonyl (C=O) groups is 1. The van der Waals surface area contributed by atoms with Gasteiger partial charge in [0.1, 0.15) is 17.1 Å². The summed E-state index contributed by atoms with van der Waals surface area (Å²) in [7, 11) is 0. The van der Waals surface area contributed by atoms with Crippen LogP contribution in [0.25, 0.3) is 16.8 Å². The van der Waals surface area contributed by atoms with Crippen LogP contribution in [0.3, 0.4) is 0 Å². The Bertz CT molecular complexity index is 1570. The molecule has 1 amide bonds. The van der Waals surface area contributed by atoms with Crippen LogP contribution in [-0.2, 0) is 24.2 Å². The van der Waals surface area contributed by atoms with Crippen molar-refractivity contribution in [3.05, 3.63) is 76.4 Å². The zero-order valence-electron chi connectivity index (χ0n) is 21.2. The highest BCUT2D eigenvalue weighted by Crippen LogP contribution is 2.35. The Morgan fingerprint density at radius 1 is 1.36 bits per heavy atom. The quantitative estimate of drug-likeness (QED) is 0.120. The van der Waals surface area contributed by atoms with Crippen molar-refractivity contribution in [1.82, 2.24) is 35.0 Å². The van der Waals surface area contributed by atoms with Gasteiger partial charge in [-0.05, 0) is 49.4 Å². The Kier molecular flexibility index (Phi) is 7.74. The van der Waals surface area contributed by atoms with Crippen molar-refractivity contribution in [2.75, 3.05) is 13.2 Å². The number of hydrogen-bond donors (Lipinski definition) is 2. The molecule has 5 rings (SSSR count). The van der Waals surface area contributed by atoms with Crippen molar-refractivity contribution < 1.29 is 13.9 Å². The fourth-order valence-electron chi connectivity index (χ4n) is 4.72. The summed E-state index contributed by atoms with van der Waals surface area (Å²) in [5.74, 6) is 0.446. The van der Waals surface area contributed by atoms with Crippen LogP contribution in [0.2, 0.25) is 5.02 Å². The van der Waals surface area contributed by atoms with Crippen molar-refractivity contribution >= 4 is 23.5 Å². The highest BCUT2D eigenvalue weighted by molar-refractivity contribution is 6.34. The van der Waals surface area contributed by atoms with E-state index in [2.05, 4.69) is 26.8 Å². The lowest BCUT2D eigenvalue weighted by atomic mass is 9.86. The van der Waals surface area contributed by atoms with E-state index in [4.69, 9.17) is 26.7 Å². The van der Waals surface area contributed by atoms with Gasteiger partial charge in [0.2, 0.25) is 6.41 Å². The van der Waals surface area contributed by atoms with Crippen molar-refractivity contribution in [1.29, 1.82) is 5.26 Å². The zero-order chi connectivity index (χ0) is 27.4. The number of rotatable bonds is 12. The van der Waals surface area contributed by atoms with Crippen LogP contribution in [0.15, 0.2) is 48.6 Å². The van der Waals surface area contributed by atoms with E-state index in [1.165, 1.54) is 12.3 Å². The molecule has 10 nitrogen and oxygen atoms in total. The Morgan fingerprint density at radius 3 is 2.95 bits per heavy atom. The Morgan fingerprint density at radius 2 is 2.21 bits per heavy atom. The maximum atomic E-state index is 13.2. The van der Waals surface area contributed by atoms with Crippen molar-refractivity contribution in [2.24, 2.45) is 5.92 Å². The number of ether oxygens (including phenoxy) is 1. The van der Waals surface area contributed by atoms with E-state index in [9.17, 15) is 9.18 Å². The molecule has 0 saturated carbocycles. The second kappa shape index (κ2) is 11.5. The van der Waals surface area contributed by atoms with Crippen LogP contribution in [-0.4, -0.2) is 43.9 Å². The van der Waals surface area contributed by atoms with Gasteiger partial charge >= 0.3 is 0 Å². The van der Waals surface area contributed by atoms with E-state index in [0.29, 0.717) is 54.5 Å². The first-order chi connectivity index (χ1) is 19.0. The molecule has 1 atom stereocenters. The molecule has 0 radical (unpaired) electrons. The van der Waals surface area contributed by atoms with Crippen LogP contribution >= 0.6 is 11.6 Å². The molecular weight excluding hydrogens is 523 g/mol. The number of halogens is 2. The molecule has 1 aliphatic carbocycles. The van der Waals surface area contributed by atoms with Gasteiger partial charge in [-0.3, -0.25) is 19.8 Å². The van der Waals surface area contributed by atoms with Gasteiger partial charge in [-0.2, -0.15) is 15.5 Å². The van der Waals surface area contributed by atoms with Gasteiger partial charge in [0, 0.05) is 41.8 Å². The van der Waals surface area contributed by atoms with E-state index < -0.39 is 0 Å². The number of nitriles is 1. The summed E-state index contributed by atoms with van der Waals surface area (Å²) >= 11 is 6.43. The summed E-state index contributed by atoms with van der Waals surface area (Å²) in [6.07, 6.45) is 11.3. The Hall–Kier alpha value is -4.43. The number of nitrogens with one attached hydrogen (secondary N) is 2. The molecule has 12 heteroatoms. The van der Waals surface area contributed by atoms with Crippen LogP contribution in [0, 0.1) is 30.1 Å². The number of fused-ring (bicyclic) bond motifs is 1. The summed E-state index contributed by atoms with van der Waals surface area (Å²) in [6, 6.07) is 4.90. The third-order valence-electron chi connectivity index (χ3n) is 6.67. The largest absolute Gasteiger partial charge is 0.491 e. The molecular formula is C27H26ClFN8O2.